The van der Waals surface area contributed by atoms with E-state index in [1.165, 1.54) is 12.0 Å². The van der Waals surface area contributed by atoms with Gasteiger partial charge < -0.3 is 0 Å². The van der Waals surface area contributed by atoms with Crippen molar-refractivity contribution in [2.24, 2.45) is 5.92 Å². The monoisotopic (exact) mass is 456 g/mol. The summed E-state index contributed by atoms with van der Waals surface area (Å²) in [5, 5.41) is 10.4. The summed E-state index contributed by atoms with van der Waals surface area (Å²) in [6.45, 7) is 4.90. The zero-order chi connectivity index (χ0) is 23.7. The zero-order valence-corrected chi connectivity index (χ0v) is 19.6. The first kappa shape index (κ1) is 25.3. The minimum Gasteiger partial charge on any atom is -0.299 e. The first-order chi connectivity index (χ1) is 15.9. The molecule has 178 valence electrons. The molecule has 0 aliphatic heterocycles. The summed E-state index contributed by atoms with van der Waals surface area (Å²) >= 11 is 0. The molecular formula is C28H35F3N2. The highest BCUT2D eigenvalue weighted by Crippen LogP contribution is 2.44. The molecule has 3 rings (SSSR count). The molecule has 0 amide bonds. The SMILES string of the molecule is CCCN(CCCC(C#N)(c1ccc(C(F)(F)F)cc1)C1CCCCC1)Cc1ccccc1. The van der Waals surface area contributed by atoms with Crippen molar-refractivity contribution in [2.45, 2.75) is 76.4 Å². The predicted molar refractivity (Wildman–Crippen MR) is 127 cm³/mol. The lowest BCUT2D eigenvalue weighted by Gasteiger charge is -2.38. The van der Waals surface area contributed by atoms with Gasteiger partial charge in [-0.05, 0) is 74.4 Å². The van der Waals surface area contributed by atoms with E-state index in [1.807, 2.05) is 18.2 Å². The molecule has 2 aromatic rings. The predicted octanol–water partition coefficient (Wildman–Crippen LogP) is 7.74. The molecule has 2 nitrogen and oxygen atoms in total. The molecule has 5 heteroatoms. The molecule has 0 aromatic heterocycles. The number of halogens is 3. The van der Waals surface area contributed by atoms with Crippen LogP contribution in [-0.4, -0.2) is 18.0 Å². The molecule has 0 N–H and O–H groups in total. The van der Waals surface area contributed by atoms with Crippen LogP contribution in [0.4, 0.5) is 13.2 Å². The van der Waals surface area contributed by atoms with Gasteiger partial charge >= 0.3 is 6.18 Å². The van der Waals surface area contributed by atoms with E-state index in [0.717, 1.165) is 75.9 Å². The number of rotatable bonds is 10. The average Bonchev–Trinajstić information content (AvgIpc) is 2.83. The lowest BCUT2D eigenvalue weighted by Crippen LogP contribution is -2.36. The van der Waals surface area contributed by atoms with Crippen LogP contribution in [0.15, 0.2) is 54.6 Å². The normalized spacial score (nSPS) is 17.0. The Balaban J connectivity index is 1.78. The van der Waals surface area contributed by atoms with Crippen LogP contribution < -0.4 is 0 Å². The summed E-state index contributed by atoms with van der Waals surface area (Å²) in [5.74, 6) is 0.196. The van der Waals surface area contributed by atoms with E-state index >= 15 is 0 Å². The van der Waals surface area contributed by atoms with E-state index in [9.17, 15) is 18.4 Å². The minimum absolute atomic E-state index is 0.196. The third-order valence-corrected chi connectivity index (χ3v) is 7.06. The Labute approximate surface area is 196 Å². The van der Waals surface area contributed by atoms with Crippen molar-refractivity contribution in [1.29, 1.82) is 5.26 Å². The van der Waals surface area contributed by atoms with Gasteiger partial charge in [0, 0.05) is 6.54 Å². The molecule has 1 saturated carbocycles. The first-order valence-electron chi connectivity index (χ1n) is 12.2. The van der Waals surface area contributed by atoms with Crippen molar-refractivity contribution in [3.8, 4) is 6.07 Å². The van der Waals surface area contributed by atoms with Gasteiger partial charge in [0.15, 0.2) is 0 Å². The molecular weight excluding hydrogens is 421 g/mol. The third kappa shape index (κ3) is 6.60. The maximum absolute atomic E-state index is 13.1. The van der Waals surface area contributed by atoms with Crippen LogP contribution in [0.25, 0.3) is 0 Å². The van der Waals surface area contributed by atoms with E-state index in [1.54, 1.807) is 12.1 Å². The summed E-state index contributed by atoms with van der Waals surface area (Å²) in [5.41, 5.74) is 0.635. The maximum Gasteiger partial charge on any atom is 0.416 e. The second-order valence-corrected chi connectivity index (χ2v) is 9.36. The fraction of sp³-hybridized carbons (Fsp3) is 0.536. The molecule has 1 fully saturated rings. The highest BCUT2D eigenvalue weighted by atomic mass is 19.4. The summed E-state index contributed by atoms with van der Waals surface area (Å²) < 4.78 is 39.4. The lowest BCUT2D eigenvalue weighted by molar-refractivity contribution is -0.137. The van der Waals surface area contributed by atoms with Crippen molar-refractivity contribution in [2.75, 3.05) is 13.1 Å². The number of benzene rings is 2. The standard InChI is InChI=1S/C28H35F3N2/c1-2-19-33(21-23-10-5-3-6-11-23)20-9-18-27(22-32,24-12-7-4-8-13-24)25-14-16-26(17-15-25)28(29,30)31/h3,5-6,10-11,14-17,24H,2,4,7-9,12-13,18-21H2,1H3. The van der Waals surface area contributed by atoms with Crippen LogP contribution in [0.2, 0.25) is 0 Å². The van der Waals surface area contributed by atoms with E-state index in [0.29, 0.717) is 6.42 Å². The summed E-state index contributed by atoms with van der Waals surface area (Å²) in [7, 11) is 0. The van der Waals surface area contributed by atoms with Gasteiger partial charge in [-0.15, -0.1) is 0 Å². The molecule has 0 saturated heterocycles. The van der Waals surface area contributed by atoms with Gasteiger partial charge in [0.05, 0.1) is 17.0 Å². The fourth-order valence-corrected chi connectivity index (χ4v) is 5.36. The van der Waals surface area contributed by atoms with Crippen LogP contribution in [0, 0.1) is 17.2 Å². The van der Waals surface area contributed by atoms with Gasteiger partial charge in [-0.25, -0.2) is 0 Å². The van der Waals surface area contributed by atoms with Crippen LogP contribution in [0.5, 0.6) is 0 Å². The second kappa shape index (κ2) is 11.7. The summed E-state index contributed by atoms with van der Waals surface area (Å²) in [6.07, 6.45) is 3.50. The van der Waals surface area contributed by atoms with Crippen molar-refractivity contribution >= 4 is 0 Å². The van der Waals surface area contributed by atoms with E-state index in [2.05, 4.69) is 30.0 Å². The number of hydrogen-bond donors (Lipinski definition) is 0. The van der Waals surface area contributed by atoms with Crippen LogP contribution in [-0.2, 0) is 18.1 Å². The molecule has 2 aromatic carbocycles. The van der Waals surface area contributed by atoms with Crippen LogP contribution in [0.3, 0.4) is 0 Å². The van der Waals surface area contributed by atoms with Gasteiger partial charge in [-0.1, -0.05) is 68.7 Å². The molecule has 0 heterocycles. The van der Waals surface area contributed by atoms with E-state index in [4.69, 9.17) is 0 Å². The highest BCUT2D eigenvalue weighted by molar-refractivity contribution is 5.37. The fourth-order valence-electron chi connectivity index (χ4n) is 5.36. The van der Waals surface area contributed by atoms with Crippen molar-refractivity contribution in [1.82, 2.24) is 4.90 Å². The molecule has 1 aliphatic rings. The average molecular weight is 457 g/mol. The molecule has 33 heavy (non-hydrogen) atoms. The number of nitriles is 1. The van der Waals surface area contributed by atoms with Gasteiger partial charge in [0.2, 0.25) is 0 Å². The van der Waals surface area contributed by atoms with Gasteiger partial charge in [-0.2, -0.15) is 18.4 Å². The Kier molecular flexibility index (Phi) is 8.97. The first-order valence-corrected chi connectivity index (χ1v) is 12.2. The Hall–Kier alpha value is -2.32. The van der Waals surface area contributed by atoms with Crippen molar-refractivity contribution in [3.63, 3.8) is 0 Å². The van der Waals surface area contributed by atoms with Gasteiger partial charge in [-0.3, -0.25) is 4.90 Å². The molecule has 0 bridgehead atoms. The second-order valence-electron chi connectivity index (χ2n) is 9.36. The van der Waals surface area contributed by atoms with Crippen LogP contribution in [0.1, 0.15) is 75.0 Å². The molecule has 1 unspecified atom stereocenters. The van der Waals surface area contributed by atoms with Crippen molar-refractivity contribution in [3.05, 3.63) is 71.3 Å². The quantitative estimate of drug-likeness (QED) is 0.366. The molecule has 0 radical (unpaired) electrons. The highest BCUT2D eigenvalue weighted by Gasteiger charge is 2.41. The van der Waals surface area contributed by atoms with E-state index in [-0.39, 0.29) is 5.92 Å². The van der Waals surface area contributed by atoms with Crippen LogP contribution >= 0.6 is 0 Å². The summed E-state index contributed by atoms with van der Waals surface area (Å²) in [4.78, 5) is 2.42. The third-order valence-electron chi connectivity index (χ3n) is 7.06. The number of nitrogens with zero attached hydrogens (tertiary/aromatic N) is 2. The Morgan fingerprint density at radius 3 is 2.12 bits per heavy atom. The zero-order valence-electron chi connectivity index (χ0n) is 19.6. The Morgan fingerprint density at radius 2 is 1.55 bits per heavy atom. The Morgan fingerprint density at radius 1 is 0.909 bits per heavy atom. The molecule has 1 aliphatic carbocycles. The Bertz CT molecular complexity index is 880. The van der Waals surface area contributed by atoms with Gasteiger partial charge in [0.1, 0.15) is 0 Å². The summed E-state index contributed by atoms with van der Waals surface area (Å²) in [6, 6.07) is 18.4. The number of alkyl halides is 3. The lowest BCUT2D eigenvalue weighted by atomic mass is 9.63. The molecule has 1 atom stereocenters. The minimum atomic E-state index is -4.36. The van der Waals surface area contributed by atoms with E-state index < -0.39 is 17.2 Å². The number of hydrogen-bond acceptors (Lipinski definition) is 2. The topological polar surface area (TPSA) is 27.0 Å². The molecule has 0 spiro atoms. The largest absolute Gasteiger partial charge is 0.416 e. The van der Waals surface area contributed by atoms with Crippen molar-refractivity contribution < 1.29 is 13.2 Å². The maximum atomic E-state index is 13.1. The smallest absolute Gasteiger partial charge is 0.299 e. The van der Waals surface area contributed by atoms with Gasteiger partial charge in [0.25, 0.3) is 0 Å².